The van der Waals surface area contributed by atoms with Crippen molar-refractivity contribution >= 4 is 0 Å². The van der Waals surface area contributed by atoms with E-state index in [2.05, 4.69) is 25.3 Å². The molecule has 0 aliphatic rings. The number of allylic oxidation sites excluding steroid dienone is 1. The second-order valence-corrected chi connectivity index (χ2v) is 5.62. The number of furan rings is 1. The van der Waals surface area contributed by atoms with Crippen LogP contribution >= 0.6 is 0 Å². The molecule has 0 saturated carbocycles. The number of hydrogen-bond acceptors (Lipinski definition) is 3. The molecule has 1 rings (SSSR count). The van der Waals surface area contributed by atoms with Gasteiger partial charge in [0.05, 0.1) is 12.6 Å². The van der Waals surface area contributed by atoms with Gasteiger partial charge in [0.15, 0.2) is 0 Å². The summed E-state index contributed by atoms with van der Waals surface area (Å²) in [6, 6.07) is 4.00. The summed E-state index contributed by atoms with van der Waals surface area (Å²) in [6.45, 7) is 12.4. The van der Waals surface area contributed by atoms with Crippen molar-refractivity contribution in [2.75, 3.05) is 13.1 Å². The summed E-state index contributed by atoms with van der Waals surface area (Å²) in [6.07, 6.45) is 3.19. The average Bonchev–Trinajstić information content (AvgIpc) is 2.71. The van der Waals surface area contributed by atoms with Gasteiger partial charge in [0, 0.05) is 13.1 Å². The second kappa shape index (κ2) is 8.18. The average molecular weight is 265 g/mol. The monoisotopic (exact) mass is 265 g/mol. The molecule has 1 N–H and O–H groups in total. The standard InChI is InChI=1S/C16H27NO2/c1-5-6-7-15(18)11-17(10-13(2)3)12-16-9-8-14(4)19-16/h5,8-9,13,15,18H,1,6-7,10-12H2,2-4H3. The van der Waals surface area contributed by atoms with E-state index in [0.29, 0.717) is 12.5 Å². The molecular formula is C16H27NO2. The highest BCUT2D eigenvalue weighted by Gasteiger charge is 2.14. The summed E-state index contributed by atoms with van der Waals surface area (Å²) >= 11 is 0. The van der Waals surface area contributed by atoms with Crippen molar-refractivity contribution < 1.29 is 9.52 Å². The van der Waals surface area contributed by atoms with Crippen LogP contribution in [-0.4, -0.2) is 29.2 Å². The number of hydrogen-bond donors (Lipinski definition) is 1. The second-order valence-electron chi connectivity index (χ2n) is 5.62. The summed E-state index contributed by atoms with van der Waals surface area (Å²) in [4.78, 5) is 2.26. The molecule has 1 heterocycles. The van der Waals surface area contributed by atoms with Gasteiger partial charge in [-0.1, -0.05) is 19.9 Å². The topological polar surface area (TPSA) is 36.6 Å². The Morgan fingerprint density at radius 2 is 2.11 bits per heavy atom. The Kier molecular flexibility index (Phi) is 6.89. The third kappa shape index (κ3) is 6.60. The first-order valence-corrected chi connectivity index (χ1v) is 7.08. The van der Waals surface area contributed by atoms with E-state index in [4.69, 9.17) is 4.42 Å². The molecule has 0 fully saturated rings. The molecule has 108 valence electrons. The number of rotatable bonds is 9. The van der Waals surface area contributed by atoms with E-state index in [1.165, 1.54) is 0 Å². The lowest BCUT2D eigenvalue weighted by molar-refractivity contribution is 0.0916. The van der Waals surface area contributed by atoms with Crippen LogP contribution in [0.4, 0.5) is 0 Å². The van der Waals surface area contributed by atoms with Crippen molar-refractivity contribution in [1.82, 2.24) is 4.90 Å². The maximum Gasteiger partial charge on any atom is 0.118 e. The SMILES string of the molecule is C=CCCC(O)CN(Cc1ccc(C)o1)CC(C)C. The highest BCUT2D eigenvalue weighted by molar-refractivity contribution is 5.05. The number of nitrogens with zero attached hydrogens (tertiary/aromatic N) is 1. The highest BCUT2D eigenvalue weighted by Crippen LogP contribution is 2.12. The first-order chi connectivity index (χ1) is 9.01. The van der Waals surface area contributed by atoms with Crippen LogP contribution in [0.25, 0.3) is 0 Å². The zero-order valence-electron chi connectivity index (χ0n) is 12.4. The maximum absolute atomic E-state index is 10.0. The summed E-state index contributed by atoms with van der Waals surface area (Å²) in [7, 11) is 0. The minimum Gasteiger partial charge on any atom is -0.465 e. The van der Waals surface area contributed by atoms with Gasteiger partial charge in [0.2, 0.25) is 0 Å². The van der Waals surface area contributed by atoms with Gasteiger partial charge in [-0.25, -0.2) is 0 Å². The van der Waals surface area contributed by atoms with Crippen molar-refractivity contribution in [2.24, 2.45) is 5.92 Å². The molecule has 0 spiro atoms. The fourth-order valence-electron chi connectivity index (χ4n) is 2.21. The first kappa shape index (κ1) is 16.0. The molecular weight excluding hydrogens is 238 g/mol. The number of aliphatic hydroxyl groups excluding tert-OH is 1. The minimum atomic E-state index is -0.298. The summed E-state index contributed by atoms with van der Waals surface area (Å²) < 4.78 is 5.62. The molecule has 1 atom stereocenters. The Bertz CT molecular complexity index is 371. The molecule has 0 saturated heterocycles. The Hall–Kier alpha value is -1.06. The molecule has 1 aromatic heterocycles. The van der Waals surface area contributed by atoms with Gasteiger partial charge in [-0.15, -0.1) is 6.58 Å². The van der Waals surface area contributed by atoms with Gasteiger partial charge >= 0.3 is 0 Å². The Balaban J connectivity index is 2.53. The van der Waals surface area contributed by atoms with Gasteiger partial charge in [0.25, 0.3) is 0 Å². The van der Waals surface area contributed by atoms with E-state index in [9.17, 15) is 5.11 Å². The molecule has 19 heavy (non-hydrogen) atoms. The molecule has 3 heteroatoms. The van der Waals surface area contributed by atoms with Crippen LogP contribution in [-0.2, 0) is 6.54 Å². The predicted molar refractivity (Wildman–Crippen MR) is 79.0 cm³/mol. The highest BCUT2D eigenvalue weighted by atomic mass is 16.3. The van der Waals surface area contributed by atoms with Crippen LogP contribution < -0.4 is 0 Å². The molecule has 3 nitrogen and oxygen atoms in total. The van der Waals surface area contributed by atoms with E-state index >= 15 is 0 Å². The Morgan fingerprint density at radius 3 is 2.63 bits per heavy atom. The predicted octanol–water partition coefficient (Wildman–Crippen LogP) is 3.37. The zero-order valence-corrected chi connectivity index (χ0v) is 12.4. The maximum atomic E-state index is 10.0. The Morgan fingerprint density at radius 1 is 1.37 bits per heavy atom. The molecule has 0 bridgehead atoms. The quantitative estimate of drug-likeness (QED) is 0.695. The fraction of sp³-hybridized carbons (Fsp3) is 0.625. The van der Waals surface area contributed by atoms with E-state index < -0.39 is 0 Å². The van der Waals surface area contributed by atoms with Gasteiger partial charge in [-0.3, -0.25) is 4.90 Å². The first-order valence-electron chi connectivity index (χ1n) is 7.08. The normalized spacial score (nSPS) is 13.2. The van der Waals surface area contributed by atoms with Crippen LogP contribution in [0.2, 0.25) is 0 Å². The van der Waals surface area contributed by atoms with Crippen LogP contribution in [0, 0.1) is 12.8 Å². The van der Waals surface area contributed by atoms with Gasteiger partial charge < -0.3 is 9.52 Å². The fourth-order valence-corrected chi connectivity index (χ4v) is 2.21. The lowest BCUT2D eigenvalue weighted by Gasteiger charge is -2.25. The van der Waals surface area contributed by atoms with Gasteiger partial charge in [-0.05, 0) is 37.8 Å². The summed E-state index contributed by atoms with van der Waals surface area (Å²) in [5.74, 6) is 2.48. The van der Waals surface area contributed by atoms with Crippen molar-refractivity contribution in [3.05, 3.63) is 36.3 Å². The van der Waals surface area contributed by atoms with Crippen LogP contribution in [0.15, 0.2) is 29.2 Å². The van der Waals surface area contributed by atoms with Crippen molar-refractivity contribution in [3.63, 3.8) is 0 Å². The molecule has 0 radical (unpaired) electrons. The minimum absolute atomic E-state index is 0.298. The van der Waals surface area contributed by atoms with Gasteiger partial charge in [0.1, 0.15) is 11.5 Å². The molecule has 0 aliphatic heterocycles. The molecule has 0 aromatic carbocycles. The van der Waals surface area contributed by atoms with E-state index in [1.54, 1.807) is 0 Å². The van der Waals surface area contributed by atoms with Crippen LogP contribution in [0.1, 0.15) is 38.2 Å². The number of aryl methyl sites for hydroxylation is 1. The third-order valence-electron chi connectivity index (χ3n) is 2.97. The summed E-state index contributed by atoms with van der Waals surface area (Å²) in [5.41, 5.74) is 0. The molecule has 0 aliphatic carbocycles. The third-order valence-corrected chi connectivity index (χ3v) is 2.97. The molecule has 1 unspecified atom stereocenters. The lowest BCUT2D eigenvalue weighted by atomic mass is 10.1. The van der Waals surface area contributed by atoms with Crippen LogP contribution in [0.3, 0.4) is 0 Å². The van der Waals surface area contributed by atoms with E-state index in [0.717, 1.165) is 37.5 Å². The van der Waals surface area contributed by atoms with Crippen molar-refractivity contribution in [1.29, 1.82) is 0 Å². The largest absolute Gasteiger partial charge is 0.465 e. The lowest BCUT2D eigenvalue weighted by Crippen LogP contribution is -2.34. The van der Waals surface area contributed by atoms with Crippen molar-refractivity contribution in [3.8, 4) is 0 Å². The van der Waals surface area contributed by atoms with E-state index in [1.807, 2.05) is 25.1 Å². The smallest absolute Gasteiger partial charge is 0.118 e. The van der Waals surface area contributed by atoms with Crippen LogP contribution in [0.5, 0.6) is 0 Å². The van der Waals surface area contributed by atoms with E-state index in [-0.39, 0.29) is 6.10 Å². The Labute approximate surface area is 116 Å². The van der Waals surface area contributed by atoms with Crippen molar-refractivity contribution in [2.45, 2.75) is 46.3 Å². The summed E-state index contributed by atoms with van der Waals surface area (Å²) in [5, 5.41) is 10.0. The molecule has 1 aromatic rings. The molecule has 0 amide bonds. The number of aliphatic hydroxyl groups is 1. The van der Waals surface area contributed by atoms with Gasteiger partial charge in [-0.2, -0.15) is 0 Å². The zero-order chi connectivity index (χ0) is 14.3.